The number of hydrogen-bond donors (Lipinski definition) is 0. The molecule has 0 saturated carbocycles. The molecular weight excluding hydrogens is 288 g/mol. The smallest absolute Gasteiger partial charge is 0.340 e. The largest absolute Gasteiger partial charge is 0.456 e. The summed E-state index contributed by atoms with van der Waals surface area (Å²) in [4.78, 5) is 20.8. The molecule has 0 radical (unpaired) electrons. The van der Waals surface area contributed by atoms with E-state index in [2.05, 4.69) is 9.97 Å². The predicted octanol–water partition coefficient (Wildman–Crippen LogP) is 3.81. The number of benzene rings is 1. The molecule has 0 aliphatic carbocycles. The highest BCUT2D eigenvalue weighted by Gasteiger charge is 2.13. The topological polar surface area (TPSA) is 52.1 Å². The number of nitrogens with zero attached hydrogens (tertiary/aromatic N) is 2. The lowest BCUT2D eigenvalue weighted by Gasteiger charge is -2.08. The van der Waals surface area contributed by atoms with Crippen molar-refractivity contribution in [3.63, 3.8) is 0 Å². The summed E-state index contributed by atoms with van der Waals surface area (Å²) in [5.41, 5.74) is 3.69. The highest BCUT2D eigenvalue weighted by Crippen LogP contribution is 2.19. The molecule has 3 rings (SSSR count). The Kier molecular flexibility index (Phi) is 4.43. The Morgan fingerprint density at radius 2 is 1.78 bits per heavy atom. The Balaban J connectivity index is 1.74. The average molecular weight is 304 g/mol. The van der Waals surface area contributed by atoms with Gasteiger partial charge in [0.25, 0.3) is 0 Å². The van der Waals surface area contributed by atoms with Gasteiger partial charge in [0, 0.05) is 11.8 Å². The minimum absolute atomic E-state index is 0.152. The zero-order valence-corrected chi connectivity index (χ0v) is 12.8. The molecule has 4 heteroatoms. The Morgan fingerprint density at radius 1 is 1.00 bits per heavy atom. The molecule has 0 unspecified atom stereocenters. The van der Waals surface area contributed by atoms with E-state index in [0.717, 1.165) is 11.3 Å². The van der Waals surface area contributed by atoms with Crippen molar-refractivity contribution in [3.05, 3.63) is 83.8 Å². The molecule has 0 atom stereocenters. The summed E-state index contributed by atoms with van der Waals surface area (Å²) in [5.74, 6) is -0.389. The summed E-state index contributed by atoms with van der Waals surface area (Å²) in [6, 6.07) is 18.9. The van der Waals surface area contributed by atoms with Crippen LogP contribution in [0.3, 0.4) is 0 Å². The van der Waals surface area contributed by atoms with Gasteiger partial charge in [-0.05, 0) is 31.2 Å². The summed E-state index contributed by atoms with van der Waals surface area (Å²) in [7, 11) is 0. The van der Waals surface area contributed by atoms with Gasteiger partial charge in [-0.1, -0.05) is 36.4 Å². The third-order valence-electron chi connectivity index (χ3n) is 3.45. The van der Waals surface area contributed by atoms with E-state index in [4.69, 9.17) is 4.74 Å². The number of carbonyl (C=O) groups is 1. The van der Waals surface area contributed by atoms with Gasteiger partial charge >= 0.3 is 5.97 Å². The van der Waals surface area contributed by atoms with Gasteiger partial charge < -0.3 is 4.74 Å². The molecule has 4 nitrogen and oxygen atoms in total. The van der Waals surface area contributed by atoms with Gasteiger partial charge in [0.15, 0.2) is 0 Å². The fraction of sp³-hybridized carbons (Fsp3) is 0.105. The molecule has 0 saturated heterocycles. The van der Waals surface area contributed by atoms with Crippen molar-refractivity contribution in [2.24, 2.45) is 0 Å². The fourth-order valence-electron chi connectivity index (χ4n) is 2.25. The number of esters is 1. The summed E-state index contributed by atoms with van der Waals surface area (Å²) >= 11 is 0. The lowest BCUT2D eigenvalue weighted by Crippen LogP contribution is -2.09. The maximum absolute atomic E-state index is 12.2. The van der Waals surface area contributed by atoms with E-state index in [0.29, 0.717) is 17.0 Å². The summed E-state index contributed by atoms with van der Waals surface area (Å²) in [6.45, 7) is 1.96. The molecule has 23 heavy (non-hydrogen) atoms. The third-order valence-corrected chi connectivity index (χ3v) is 3.45. The molecule has 114 valence electrons. The second kappa shape index (κ2) is 6.83. The molecule has 0 spiro atoms. The van der Waals surface area contributed by atoms with Gasteiger partial charge in [-0.3, -0.25) is 9.97 Å². The number of aryl methyl sites for hydroxylation is 1. The minimum atomic E-state index is -0.389. The number of pyridine rings is 2. The number of rotatable bonds is 4. The summed E-state index contributed by atoms with van der Waals surface area (Å²) in [6.07, 6.45) is 1.67. The van der Waals surface area contributed by atoms with Crippen molar-refractivity contribution in [2.75, 3.05) is 0 Å². The molecule has 3 aromatic rings. The molecule has 0 aliphatic rings. The molecule has 2 aromatic heterocycles. The number of carbonyl (C=O) groups excluding carboxylic acids is 1. The van der Waals surface area contributed by atoms with E-state index in [9.17, 15) is 4.79 Å². The van der Waals surface area contributed by atoms with Crippen LogP contribution in [0.4, 0.5) is 0 Å². The standard InChI is InChI=1S/C19H16N2O2/c1-14-17(19(22)23-13-16-9-5-6-12-20-16)10-11-18(21-14)15-7-3-2-4-8-15/h2-12H,13H2,1H3. The Hall–Kier alpha value is -3.01. The Morgan fingerprint density at radius 3 is 2.48 bits per heavy atom. The normalized spacial score (nSPS) is 10.3. The van der Waals surface area contributed by atoms with Crippen LogP contribution in [0.2, 0.25) is 0 Å². The first-order chi connectivity index (χ1) is 11.2. The zero-order chi connectivity index (χ0) is 16.1. The van der Waals surface area contributed by atoms with E-state index in [1.165, 1.54) is 0 Å². The van der Waals surface area contributed by atoms with Gasteiger partial charge in [0.2, 0.25) is 0 Å². The summed E-state index contributed by atoms with van der Waals surface area (Å²) < 4.78 is 5.30. The van der Waals surface area contributed by atoms with Crippen LogP contribution in [-0.2, 0) is 11.3 Å². The van der Waals surface area contributed by atoms with E-state index < -0.39 is 0 Å². The maximum Gasteiger partial charge on any atom is 0.340 e. The van der Waals surface area contributed by atoms with E-state index in [-0.39, 0.29) is 12.6 Å². The highest BCUT2D eigenvalue weighted by atomic mass is 16.5. The van der Waals surface area contributed by atoms with Gasteiger partial charge in [-0.15, -0.1) is 0 Å². The predicted molar refractivity (Wildman–Crippen MR) is 87.8 cm³/mol. The third kappa shape index (κ3) is 3.61. The van der Waals surface area contributed by atoms with E-state index >= 15 is 0 Å². The number of ether oxygens (including phenoxy) is 1. The van der Waals surface area contributed by atoms with Crippen LogP contribution < -0.4 is 0 Å². The Bertz CT molecular complexity index is 802. The highest BCUT2D eigenvalue weighted by molar-refractivity contribution is 5.90. The van der Waals surface area contributed by atoms with Crippen LogP contribution in [0.25, 0.3) is 11.3 Å². The first-order valence-electron chi connectivity index (χ1n) is 7.34. The van der Waals surface area contributed by atoms with Crippen molar-refractivity contribution in [2.45, 2.75) is 13.5 Å². The second-order valence-electron chi connectivity index (χ2n) is 5.09. The van der Waals surface area contributed by atoms with Crippen molar-refractivity contribution in [1.29, 1.82) is 0 Å². The van der Waals surface area contributed by atoms with E-state index in [1.807, 2.05) is 61.5 Å². The molecule has 0 aliphatic heterocycles. The summed E-state index contributed by atoms with van der Waals surface area (Å²) in [5, 5.41) is 0. The monoisotopic (exact) mass is 304 g/mol. The second-order valence-corrected chi connectivity index (χ2v) is 5.09. The molecule has 0 fully saturated rings. The van der Waals surface area contributed by atoms with Crippen LogP contribution in [0, 0.1) is 6.92 Å². The molecule has 2 heterocycles. The molecule has 0 amide bonds. The zero-order valence-electron chi connectivity index (χ0n) is 12.8. The molecule has 0 N–H and O–H groups in total. The number of aromatic nitrogens is 2. The van der Waals surface area contributed by atoms with Crippen LogP contribution >= 0.6 is 0 Å². The first-order valence-corrected chi connectivity index (χ1v) is 7.34. The van der Waals surface area contributed by atoms with Gasteiger partial charge in [0.1, 0.15) is 6.61 Å². The van der Waals surface area contributed by atoms with Crippen molar-refractivity contribution in [1.82, 2.24) is 9.97 Å². The average Bonchev–Trinajstić information content (AvgIpc) is 2.61. The van der Waals surface area contributed by atoms with Crippen LogP contribution in [0.1, 0.15) is 21.7 Å². The minimum Gasteiger partial charge on any atom is -0.456 e. The Labute approximate surface area is 134 Å². The van der Waals surface area contributed by atoms with Crippen LogP contribution in [0.5, 0.6) is 0 Å². The lowest BCUT2D eigenvalue weighted by atomic mass is 10.1. The van der Waals surface area contributed by atoms with E-state index in [1.54, 1.807) is 12.3 Å². The van der Waals surface area contributed by atoms with Crippen LogP contribution in [-0.4, -0.2) is 15.9 Å². The molecule has 1 aromatic carbocycles. The van der Waals surface area contributed by atoms with Gasteiger partial charge in [0.05, 0.1) is 22.6 Å². The first kappa shape index (κ1) is 14.9. The van der Waals surface area contributed by atoms with Crippen molar-refractivity contribution < 1.29 is 9.53 Å². The van der Waals surface area contributed by atoms with Gasteiger partial charge in [-0.25, -0.2) is 4.79 Å². The fourth-order valence-corrected chi connectivity index (χ4v) is 2.25. The number of hydrogen-bond acceptors (Lipinski definition) is 4. The lowest BCUT2D eigenvalue weighted by molar-refractivity contribution is 0.0466. The van der Waals surface area contributed by atoms with Crippen molar-refractivity contribution in [3.8, 4) is 11.3 Å². The van der Waals surface area contributed by atoms with Gasteiger partial charge in [-0.2, -0.15) is 0 Å². The SMILES string of the molecule is Cc1nc(-c2ccccc2)ccc1C(=O)OCc1ccccn1. The molecule has 0 bridgehead atoms. The quantitative estimate of drug-likeness (QED) is 0.688. The van der Waals surface area contributed by atoms with Crippen LogP contribution in [0.15, 0.2) is 66.9 Å². The van der Waals surface area contributed by atoms with Crippen molar-refractivity contribution >= 4 is 5.97 Å². The maximum atomic E-state index is 12.2. The molecular formula is C19H16N2O2.